The Morgan fingerprint density at radius 2 is 1.12 bits per heavy atom. The molecule has 144 valence electrons. The average Bonchev–Trinajstić information content (AvgIpc) is 2.60. The van der Waals surface area contributed by atoms with Crippen LogP contribution in [0, 0.1) is 0 Å². The van der Waals surface area contributed by atoms with Crippen molar-refractivity contribution in [3.63, 3.8) is 0 Å². The van der Waals surface area contributed by atoms with E-state index in [1.165, 1.54) is 6.42 Å². The van der Waals surface area contributed by atoms with E-state index in [4.69, 9.17) is 10.9 Å². The number of carboxylic acid groups (broad SMARTS) is 1. The SMILES string of the molecule is NNC(=O)CCCCCCC=CCCC=CCCCCCCC(=O)O. The number of hydrogen-bond donors (Lipinski definition) is 3. The predicted octanol–water partition coefficient (Wildman–Crippen LogP) is 4.63. The van der Waals surface area contributed by atoms with Gasteiger partial charge in [0.2, 0.25) is 5.91 Å². The van der Waals surface area contributed by atoms with Crippen LogP contribution in [0.15, 0.2) is 24.3 Å². The topological polar surface area (TPSA) is 92.4 Å². The first-order valence-corrected chi connectivity index (χ1v) is 9.68. The Balaban J connectivity index is 3.24. The number of carboxylic acids is 1. The second-order valence-electron chi connectivity index (χ2n) is 6.39. The van der Waals surface area contributed by atoms with Gasteiger partial charge in [-0.25, -0.2) is 5.84 Å². The largest absolute Gasteiger partial charge is 0.481 e. The average molecular weight is 353 g/mol. The van der Waals surface area contributed by atoms with Crippen LogP contribution in [0.1, 0.15) is 89.9 Å². The molecule has 0 spiro atoms. The maximum atomic E-state index is 10.9. The molecule has 0 bridgehead atoms. The van der Waals surface area contributed by atoms with Crippen molar-refractivity contribution in [3.05, 3.63) is 24.3 Å². The summed E-state index contributed by atoms with van der Waals surface area (Å²) in [7, 11) is 0. The lowest BCUT2D eigenvalue weighted by atomic mass is 10.1. The van der Waals surface area contributed by atoms with Crippen molar-refractivity contribution >= 4 is 11.9 Å². The second kappa shape index (κ2) is 18.7. The molecule has 0 unspecified atom stereocenters. The highest BCUT2D eigenvalue weighted by atomic mass is 16.4. The molecule has 5 nitrogen and oxygen atoms in total. The molecule has 4 N–H and O–H groups in total. The molecule has 0 aliphatic rings. The molecule has 0 radical (unpaired) electrons. The van der Waals surface area contributed by atoms with Crippen molar-refractivity contribution in [3.8, 4) is 0 Å². The summed E-state index contributed by atoms with van der Waals surface area (Å²) in [6.07, 6.45) is 22.6. The van der Waals surface area contributed by atoms with Crippen molar-refractivity contribution in [1.82, 2.24) is 5.43 Å². The minimum absolute atomic E-state index is 0.0777. The van der Waals surface area contributed by atoms with E-state index in [1.807, 2.05) is 0 Å². The molecule has 0 aromatic heterocycles. The third-order valence-electron chi connectivity index (χ3n) is 4.03. The van der Waals surface area contributed by atoms with E-state index in [9.17, 15) is 9.59 Å². The van der Waals surface area contributed by atoms with Gasteiger partial charge in [-0.2, -0.15) is 0 Å². The summed E-state index contributed by atoms with van der Waals surface area (Å²) in [6.45, 7) is 0. The predicted molar refractivity (Wildman–Crippen MR) is 103 cm³/mol. The number of nitrogens with two attached hydrogens (primary N) is 1. The lowest BCUT2D eigenvalue weighted by Gasteiger charge is -1.99. The first-order valence-electron chi connectivity index (χ1n) is 9.68. The second-order valence-corrected chi connectivity index (χ2v) is 6.39. The van der Waals surface area contributed by atoms with Gasteiger partial charge in [-0.1, -0.05) is 50.0 Å². The van der Waals surface area contributed by atoms with Crippen LogP contribution < -0.4 is 11.3 Å². The maximum absolute atomic E-state index is 10.9. The Hall–Kier alpha value is -1.62. The van der Waals surface area contributed by atoms with Crippen molar-refractivity contribution in [2.45, 2.75) is 89.9 Å². The van der Waals surface area contributed by atoms with E-state index < -0.39 is 5.97 Å². The number of hydrogen-bond acceptors (Lipinski definition) is 3. The van der Waals surface area contributed by atoms with Crippen LogP contribution in [0.25, 0.3) is 0 Å². The smallest absolute Gasteiger partial charge is 0.303 e. The van der Waals surface area contributed by atoms with Crippen LogP contribution in [0.5, 0.6) is 0 Å². The highest BCUT2D eigenvalue weighted by Crippen LogP contribution is 2.08. The highest BCUT2D eigenvalue weighted by Gasteiger charge is 1.97. The zero-order valence-corrected chi connectivity index (χ0v) is 15.5. The van der Waals surface area contributed by atoms with Crippen molar-refractivity contribution < 1.29 is 14.7 Å². The number of allylic oxidation sites excluding steroid dienone is 4. The zero-order chi connectivity index (χ0) is 18.6. The Labute approximate surface area is 152 Å². The van der Waals surface area contributed by atoms with E-state index in [0.717, 1.165) is 70.6 Å². The molecule has 0 heterocycles. The number of amides is 1. The molecule has 0 aliphatic carbocycles. The summed E-state index contributed by atoms with van der Waals surface area (Å²) >= 11 is 0. The summed E-state index contributed by atoms with van der Waals surface area (Å²) in [5.74, 6) is 4.25. The summed E-state index contributed by atoms with van der Waals surface area (Å²) in [5, 5.41) is 8.53. The minimum atomic E-state index is -0.690. The highest BCUT2D eigenvalue weighted by molar-refractivity contribution is 5.75. The van der Waals surface area contributed by atoms with Gasteiger partial charge in [0.25, 0.3) is 0 Å². The molecular formula is C20H36N2O3. The molecule has 0 fully saturated rings. The summed E-state index contributed by atoms with van der Waals surface area (Å²) in [4.78, 5) is 21.3. The maximum Gasteiger partial charge on any atom is 0.303 e. The van der Waals surface area contributed by atoms with Crippen LogP contribution in [0.3, 0.4) is 0 Å². The van der Waals surface area contributed by atoms with Gasteiger partial charge >= 0.3 is 5.97 Å². The number of hydrazine groups is 1. The normalized spacial score (nSPS) is 11.4. The molecule has 1 amide bonds. The van der Waals surface area contributed by atoms with Gasteiger partial charge in [0, 0.05) is 12.8 Å². The van der Waals surface area contributed by atoms with Crippen LogP contribution >= 0.6 is 0 Å². The van der Waals surface area contributed by atoms with Crippen LogP contribution in [0.2, 0.25) is 0 Å². The van der Waals surface area contributed by atoms with E-state index in [0.29, 0.717) is 12.8 Å². The molecule has 0 saturated heterocycles. The molecule has 0 rings (SSSR count). The third-order valence-corrected chi connectivity index (χ3v) is 4.03. The summed E-state index contributed by atoms with van der Waals surface area (Å²) < 4.78 is 0. The van der Waals surface area contributed by atoms with Gasteiger partial charge in [-0.15, -0.1) is 0 Å². The monoisotopic (exact) mass is 352 g/mol. The van der Waals surface area contributed by atoms with Crippen LogP contribution in [-0.4, -0.2) is 17.0 Å². The first-order chi connectivity index (χ1) is 12.2. The fourth-order valence-electron chi connectivity index (χ4n) is 2.53. The number of carbonyl (C=O) groups is 2. The van der Waals surface area contributed by atoms with Crippen LogP contribution in [-0.2, 0) is 9.59 Å². The fraction of sp³-hybridized carbons (Fsp3) is 0.700. The standard InChI is InChI=1S/C20H36N2O3/c21-22-19(23)17-15-13-11-9-7-5-3-1-2-4-6-8-10-12-14-16-18-20(24)25/h3-6H,1-2,7-18,21H2,(H,22,23)(H,24,25). The van der Waals surface area contributed by atoms with Crippen molar-refractivity contribution in [2.24, 2.45) is 5.84 Å². The van der Waals surface area contributed by atoms with Gasteiger partial charge < -0.3 is 5.11 Å². The Kier molecular flexibility index (Phi) is 17.5. The van der Waals surface area contributed by atoms with Crippen molar-refractivity contribution in [2.75, 3.05) is 0 Å². The quantitative estimate of drug-likeness (QED) is 0.117. The Morgan fingerprint density at radius 3 is 1.60 bits per heavy atom. The van der Waals surface area contributed by atoms with E-state index in [2.05, 4.69) is 29.7 Å². The number of rotatable bonds is 17. The van der Waals surface area contributed by atoms with Gasteiger partial charge in [0.15, 0.2) is 0 Å². The number of aliphatic carboxylic acids is 1. The zero-order valence-electron chi connectivity index (χ0n) is 15.5. The van der Waals surface area contributed by atoms with Gasteiger partial charge in [-0.05, 0) is 51.4 Å². The Morgan fingerprint density at radius 1 is 0.680 bits per heavy atom. The van der Waals surface area contributed by atoms with Crippen molar-refractivity contribution in [1.29, 1.82) is 0 Å². The van der Waals surface area contributed by atoms with Gasteiger partial charge in [0.05, 0.1) is 0 Å². The van der Waals surface area contributed by atoms with Gasteiger partial charge in [0.1, 0.15) is 0 Å². The van der Waals surface area contributed by atoms with Crippen LogP contribution in [0.4, 0.5) is 0 Å². The van der Waals surface area contributed by atoms with Gasteiger partial charge in [-0.3, -0.25) is 15.0 Å². The first kappa shape index (κ1) is 23.4. The number of carbonyl (C=O) groups excluding carboxylic acids is 1. The molecule has 0 saturated carbocycles. The molecular weight excluding hydrogens is 316 g/mol. The summed E-state index contributed by atoms with van der Waals surface area (Å²) in [6, 6.07) is 0. The van der Waals surface area contributed by atoms with E-state index in [-0.39, 0.29) is 5.91 Å². The molecule has 0 aliphatic heterocycles. The Bertz CT molecular complexity index is 392. The van der Waals surface area contributed by atoms with E-state index >= 15 is 0 Å². The lowest BCUT2D eigenvalue weighted by molar-refractivity contribution is -0.137. The number of nitrogens with one attached hydrogen (secondary N) is 1. The summed E-state index contributed by atoms with van der Waals surface area (Å²) in [5.41, 5.74) is 2.15. The van der Waals surface area contributed by atoms with E-state index in [1.54, 1.807) is 0 Å². The minimum Gasteiger partial charge on any atom is -0.481 e. The molecule has 0 atom stereocenters. The molecule has 5 heteroatoms. The number of unbranched alkanes of at least 4 members (excludes halogenated alkanes) is 9. The molecule has 0 aromatic carbocycles. The fourth-order valence-corrected chi connectivity index (χ4v) is 2.53. The lowest BCUT2D eigenvalue weighted by Crippen LogP contribution is -2.29. The molecule has 25 heavy (non-hydrogen) atoms. The third kappa shape index (κ3) is 20.3. The molecule has 0 aromatic rings.